The number of aromatic nitrogens is 2. The smallest absolute Gasteiger partial charge is 0.115 e. The van der Waals surface area contributed by atoms with Gasteiger partial charge in [0.05, 0.1) is 9.26 Å². The zero-order chi connectivity index (χ0) is 9.26. The Bertz CT molecular complexity index is 299. The molecule has 3 nitrogen and oxygen atoms in total. The number of hydrogen-bond acceptors (Lipinski definition) is 3. The minimum Gasteiger partial charge on any atom is -0.327 e. The topological polar surface area (TPSA) is 51.8 Å². The van der Waals surface area contributed by atoms with Gasteiger partial charge in [-0.1, -0.05) is 0 Å². The molecule has 1 aromatic rings. The molecule has 0 amide bonds. The second kappa shape index (κ2) is 3.88. The molecule has 1 heterocycles. The molecule has 1 atom stereocenters. The van der Waals surface area contributed by atoms with Crippen molar-refractivity contribution < 1.29 is 0 Å². The van der Waals surface area contributed by atoms with Crippen molar-refractivity contribution in [2.45, 2.75) is 25.3 Å². The van der Waals surface area contributed by atoms with Crippen LogP contribution in [-0.2, 0) is 6.42 Å². The van der Waals surface area contributed by atoms with Gasteiger partial charge in [-0.2, -0.15) is 0 Å². The van der Waals surface area contributed by atoms with Gasteiger partial charge in [0.15, 0.2) is 0 Å². The molecule has 2 N–H and O–H groups in total. The minimum absolute atomic E-state index is 0.295. The van der Waals surface area contributed by atoms with Crippen LogP contribution in [0.3, 0.4) is 0 Å². The van der Waals surface area contributed by atoms with Gasteiger partial charge in [-0.05, 0) is 41.4 Å². The van der Waals surface area contributed by atoms with Gasteiger partial charge >= 0.3 is 0 Å². The fraction of sp³-hybridized carbons (Fsp3) is 0.556. The molecule has 4 heteroatoms. The van der Waals surface area contributed by atoms with Crippen LogP contribution in [-0.4, -0.2) is 16.0 Å². The van der Waals surface area contributed by atoms with Gasteiger partial charge < -0.3 is 5.73 Å². The highest BCUT2D eigenvalue weighted by atomic mass is 127. The van der Waals surface area contributed by atoms with Gasteiger partial charge in [0.2, 0.25) is 0 Å². The van der Waals surface area contributed by atoms with E-state index < -0.39 is 0 Å². The predicted octanol–water partition coefficient (Wildman–Crippen LogP) is 1.36. The summed E-state index contributed by atoms with van der Waals surface area (Å²) in [5, 5.41) is 0. The Kier molecular flexibility index (Phi) is 2.78. The molecule has 70 valence electrons. The van der Waals surface area contributed by atoms with Crippen LogP contribution in [0.2, 0.25) is 0 Å². The molecule has 1 aliphatic rings. The number of hydrogen-bond donors (Lipinski definition) is 1. The van der Waals surface area contributed by atoms with Crippen molar-refractivity contribution in [2.24, 2.45) is 11.7 Å². The number of rotatable bonds is 3. The van der Waals surface area contributed by atoms with E-state index in [1.54, 1.807) is 6.33 Å². The summed E-state index contributed by atoms with van der Waals surface area (Å²) in [5.41, 5.74) is 7.11. The molecular formula is C9H12IN3. The first-order valence-electron chi connectivity index (χ1n) is 4.47. The summed E-state index contributed by atoms with van der Waals surface area (Å²) < 4.78 is 1.12. The van der Waals surface area contributed by atoms with Crippen molar-refractivity contribution >= 4 is 22.6 Å². The molecular weight excluding hydrogens is 277 g/mol. The lowest BCUT2D eigenvalue weighted by atomic mass is 10.1. The van der Waals surface area contributed by atoms with E-state index in [1.807, 2.05) is 6.20 Å². The number of halogens is 1. The van der Waals surface area contributed by atoms with E-state index >= 15 is 0 Å². The summed E-state index contributed by atoms with van der Waals surface area (Å²) >= 11 is 2.26. The second-order valence-corrected chi connectivity index (χ2v) is 4.68. The molecule has 2 rings (SSSR count). The lowest BCUT2D eigenvalue weighted by Gasteiger charge is -2.09. The van der Waals surface area contributed by atoms with E-state index in [9.17, 15) is 0 Å². The maximum Gasteiger partial charge on any atom is 0.115 e. The Morgan fingerprint density at radius 3 is 3.00 bits per heavy atom. The third-order valence-corrected chi connectivity index (χ3v) is 3.30. The van der Waals surface area contributed by atoms with Crippen LogP contribution < -0.4 is 5.73 Å². The van der Waals surface area contributed by atoms with Crippen LogP contribution in [0.25, 0.3) is 0 Å². The van der Waals surface area contributed by atoms with Crippen molar-refractivity contribution in [1.29, 1.82) is 0 Å². The molecule has 1 aromatic heterocycles. The molecule has 1 fully saturated rings. The minimum atomic E-state index is 0.295. The summed E-state index contributed by atoms with van der Waals surface area (Å²) in [4.78, 5) is 8.18. The molecule has 1 saturated carbocycles. The molecule has 1 unspecified atom stereocenters. The maximum atomic E-state index is 6.02. The summed E-state index contributed by atoms with van der Waals surface area (Å²) in [6.07, 6.45) is 6.91. The highest BCUT2D eigenvalue weighted by molar-refractivity contribution is 14.1. The quantitative estimate of drug-likeness (QED) is 0.855. The second-order valence-electron chi connectivity index (χ2n) is 3.52. The van der Waals surface area contributed by atoms with Crippen LogP contribution in [0.1, 0.15) is 18.5 Å². The Morgan fingerprint density at radius 1 is 1.62 bits per heavy atom. The largest absolute Gasteiger partial charge is 0.327 e. The normalized spacial score (nSPS) is 18.6. The van der Waals surface area contributed by atoms with Crippen LogP contribution in [0.5, 0.6) is 0 Å². The molecule has 0 radical (unpaired) electrons. The Hall–Kier alpha value is -0.230. The van der Waals surface area contributed by atoms with Crippen molar-refractivity contribution in [3.8, 4) is 0 Å². The number of nitrogens with zero attached hydrogens (tertiary/aromatic N) is 2. The summed E-state index contributed by atoms with van der Waals surface area (Å²) in [5.74, 6) is 0.741. The zero-order valence-electron chi connectivity index (χ0n) is 7.28. The Balaban J connectivity index is 2.03. The van der Waals surface area contributed by atoms with Crippen LogP contribution >= 0.6 is 22.6 Å². The lowest BCUT2D eigenvalue weighted by molar-refractivity contribution is 0.582. The van der Waals surface area contributed by atoms with Gasteiger partial charge in [-0.25, -0.2) is 9.97 Å². The summed E-state index contributed by atoms with van der Waals surface area (Å²) in [6, 6.07) is 0.295. The average molecular weight is 289 g/mol. The third kappa shape index (κ3) is 2.37. The van der Waals surface area contributed by atoms with Crippen molar-refractivity contribution in [2.75, 3.05) is 0 Å². The van der Waals surface area contributed by atoms with E-state index in [-0.39, 0.29) is 0 Å². The van der Waals surface area contributed by atoms with Gasteiger partial charge in [-0.3, -0.25) is 0 Å². The Morgan fingerprint density at radius 2 is 2.38 bits per heavy atom. The molecule has 13 heavy (non-hydrogen) atoms. The Labute approximate surface area is 91.3 Å². The first kappa shape index (κ1) is 9.33. The van der Waals surface area contributed by atoms with Gasteiger partial charge in [0.1, 0.15) is 6.33 Å². The van der Waals surface area contributed by atoms with Gasteiger partial charge in [0, 0.05) is 18.7 Å². The zero-order valence-corrected chi connectivity index (χ0v) is 9.44. The molecule has 0 saturated heterocycles. The monoisotopic (exact) mass is 289 g/mol. The number of nitrogens with two attached hydrogens (primary N) is 1. The van der Waals surface area contributed by atoms with Crippen molar-refractivity contribution in [3.05, 3.63) is 21.8 Å². The third-order valence-electron chi connectivity index (χ3n) is 2.40. The molecule has 0 spiro atoms. The molecule has 0 aliphatic heterocycles. The molecule has 0 bridgehead atoms. The lowest BCUT2D eigenvalue weighted by Crippen LogP contribution is -2.26. The van der Waals surface area contributed by atoms with E-state index in [2.05, 4.69) is 32.6 Å². The maximum absolute atomic E-state index is 6.02. The molecule has 1 aliphatic carbocycles. The first-order valence-corrected chi connectivity index (χ1v) is 5.55. The molecule has 0 aromatic carbocycles. The van der Waals surface area contributed by atoms with E-state index in [1.165, 1.54) is 12.8 Å². The van der Waals surface area contributed by atoms with Gasteiger partial charge in [-0.15, -0.1) is 0 Å². The average Bonchev–Trinajstić information content (AvgIpc) is 2.91. The van der Waals surface area contributed by atoms with Crippen LogP contribution in [0, 0.1) is 9.49 Å². The van der Waals surface area contributed by atoms with Crippen LogP contribution in [0.15, 0.2) is 12.5 Å². The standard InChI is InChI=1S/C9H12IN3/c10-7-4-12-5-13-9(7)3-8(11)6-1-2-6/h4-6,8H,1-3,11H2. The van der Waals surface area contributed by atoms with Crippen molar-refractivity contribution in [1.82, 2.24) is 9.97 Å². The fourth-order valence-corrected chi connectivity index (χ4v) is 1.92. The summed E-state index contributed by atoms with van der Waals surface area (Å²) in [7, 11) is 0. The van der Waals surface area contributed by atoms with Crippen LogP contribution in [0.4, 0.5) is 0 Å². The predicted molar refractivity (Wildman–Crippen MR) is 59.2 cm³/mol. The first-order chi connectivity index (χ1) is 6.27. The van der Waals surface area contributed by atoms with E-state index in [0.29, 0.717) is 6.04 Å². The SMILES string of the molecule is NC(Cc1ncncc1I)C1CC1. The van der Waals surface area contributed by atoms with Gasteiger partial charge in [0.25, 0.3) is 0 Å². The van der Waals surface area contributed by atoms with Crippen molar-refractivity contribution in [3.63, 3.8) is 0 Å². The fourth-order valence-electron chi connectivity index (χ4n) is 1.40. The highest BCUT2D eigenvalue weighted by Gasteiger charge is 2.28. The van der Waals surface area contributed by atoms with E-state index in [4.69, 9.17) is 5.73 Å². The van der Waals surface area contributed by atoms with E-state index in [0.717, 1.165) is 21.6 Å². The highest BCUT2D eigenvalue weighted by Crippen LogP contribution is 2.32. The summed E-state index contributed by atoms with van der Waals surface area (Å²) in [6.45, 7) is 0.